The highest BCUT2D eigenvalue weighted by atomic mass is 35.5. The molecule has 296 valence electrons. The highest BCUT2D eigenvalue weighted by Crippen LogP contribution is 2.55. The van der Waals surface area contributed by atoms with E-state index in [4.69, 9.17) is 50.2 Å². The Morgan fingerprint density at radius 2 is 1.96 bits per heavy atom. The van der Waals surface area contributed by atoms with Crippen molar-refractivity contribution in [2.75, 3.05) is 64.7 Å². The van der Waals surface area contributed by atoms with Crippen LogP contribution in [0.1, 0.15) is 70.8 Å². The van der Waals surface area contributed by atoms with Gasteiger partial charge in [0.25, 0.3) is 0 Å². The molecule has 5 fully saturated rings. The van der Waals surface area contributed by atoms with E-state index in [2.05, 4.69) is 22.0 Å². The van der Waals surface area contributed by atoms with Crippen LogP contribution in [0.3, 0.4) is 0 Å². The molecular weight excluding hydrogens is 729 g/mol. The van der Waals surface area contributed by atoms with Gasteiger partial charge >= 0.3 is 6.01 Å². The molecule has 4 aromatic rings. The molecule has 3 aromatic heterocycles. The second-order valence-corrected chi connectivity index (χ2v) is 16.9. The van der Waals surface area contributed by atoms with Crippen LogP contribution in [-0.2, 0) is 14.2 Å². The number of ether oxygens (including phenoxy) is 5. The molecule has 55 heavy (non-hydrogen) atoms. The number of β-amino-alcohol motifs (C(OH)–C–C–N with tert-alkyl or cyclic N) is 1. The molecule has 15 heteroatoms. The number of hydrogen-bond acceptors (Lipinski definition) is 12. The van der Waals surface area contributed by atoms with Crippen molar-refractivity contribution in [2.45, 2.75) is 102 Å². The third kappa shape index (κ3) is 6.13. The van der Waals surface area contributed by atoms with Crippen molar-refractivity contribution in [3.63, 3.8) is 0 Å². The van der Waals surface area contributed by atoms with Gasteiger partial charge in [0, 0.05) is 48.2 Å². The number of halogens is 2. The molecule has 0 bridgehead atoms. The van der Waals surface area contributed by atoms with Crippen LogP contribution in [0.4, 0.5) is 10.2 Å². The topological polar surface area (TPSA) is 140 Å². The van der Waals surface area contributed by atoms with Crippen molar-refractivity contribution in [1.82, 2.24) is 30.0 Å². The Labute approximate surface area is 325 Å². The Hall–Kier alpha value is -3.40. The number of nitrogens with zero attached hydrogens (tertiary/aromatic N) is 6. The predicted octanol–water partition coefficient (Wildman–Crippen LogP) is 6.01. The quantitative estimate of drug-likeness (QED) is 0.206. The predicted molar refractivity (Wildman–Crippen MR) is 206 cm³/mol. The molecule has 0 radical (unpaired) electrons. The van der Waals surface area contributed by atoms with Crippen LogP contribution in [-0.4, -0.2) is 124 Å². The molecule has 3 saturated heterocycles. The summed E-state index contributed by atoms with van der Waals surface area (Å²) in [6.07, 6.45) is 10.1. The standard InChI is InChI=1S/C40H51ClFN7O6/c1-5-53-28-18-27(40(28)12-8-15-55-40)49-13-7-11-39(10-6-9-26(39)49)22-54-37-45-34-30(35(46-37)48-14-16-52-21-38(3,50)20-48)36(51-4)44-33(32(34)42)29-24-19-43-47-25(24)17-23(2)31(29)41/h17,19,26-28,50H,5-16,18,20-22H2,1-4H3,(H,43,47). The van der Waals surface area contributed by atoms with Crippen LogP contribution >= 0.6 is 11.6 Å². The van der Waals surface area contributed by atoms with E-state index in [-0.39, 0.29) is 58.8 Å². The van der Waals surface area contributed by atoms with E-state index in [1.807, 2.05) is 17.9 Å². The Morgan fingerprint density at radius 3 is 2.76 bits per heavy atom. The first-order valence-electron chi connectivity index (χ1n) is 19.8. The number of likely N-dealkylation sites (tertiary alicyclic amines) is 1. The van der Waals surface area contributed by atoms with Crippen molar-refractivity contribution < 1.29 is 33.2 Å². The van der Waals surface area contributed by atoms with Crippen molar-refractivity contribution in [3.8, 4) is 23.1 Å². The molecular formula is C40H51ClFN7O6. The lowest BCUT2D eigenvalue weighted by atomic mass is 9.66. The summed E-state index contributed by atoms with van der Waals surface area (Å²) in [4.78, 5) is 19.1. The van der Waals surface area contributed by atoms with E-state index in [9.17, 15) is 5.11 Å². The average Bonchev–Trinajstić information content (AvgIpc) is 3.94. The summed E-state index contributed by atoms with van der Waals surface area (Å²) in [5.41, 5.74) is 0.251. The van der Waals surface area contributed by atoms with E-state index in [1.165, 1.54) is 7.11 Å². The second-order valence-electron chi connectivity index (χ2n) is 16.5. The van der Waals surface area contributed by atoms with Gasteiger partial charge < -0.3 is 33.7 Å². The maximum Gasteiger partial charge on any atom is 0.319 e. The minimum Gasteiger partial charge on any atom is -0.480 e. The number of piperidine rings is 1. The molecule has 2 aliphatic carbocycles. The first kappa shape index (κ1) is 37.2. The van der Waals surface area contributed by atoms with Gasteiger partial charge in [0.15, 0.2) is 5.82 Å². The lowest BCUT2D eigenvalue weighted by Crippen LogP contribution is -2.73. The maximum atomic E-state index is 17.3. The van der Waals surface area contributed by atoms with E-state index in [1.54, 1.807) is 13.1 Å². The Morgan fingerprint density at radius 1 is 1.11 bits per heavy atom. The molecule has 2 N–H and O–H groups in total. The molecule has 6 unspecified atom stereocenters. The van der Waals surface area contributed by atoms with Gasteiger partial charge in [-0.25, -0.2) is 9.37 Å². The van der Waals surface area contributed by atoms with Crippen LogP contribution in [0.2, 0.25) is 5.02 Å². The van der Waals surface area contributed by atoms with Gasteiger partial charge in [-0.15, -0.1) is 0 Å². The Balaban J connectivity index is 1.12. The number of aliphatic hydroxyl groups is 1. The largest absolute Gasteiger partial charge is 0.480 e. The molecule has 0 amide bonds. The fourth-order valence-corrected chi connectivity index (χ4v) is 10.8. The van der Waals surface area contributed by atoms with Gasteiger partial charge in [-0.05, 0) is 83.9 Å². The molecule has 1 aromatic carbocycles. The van der Waals surface area contributed by atoms with Crippen LogP contribution in [0.5, 0.6) is 11.9 Å². The van der Waals surface area contributed by atoms with Gasteiger partial charge in [-0.2, -0.15) is 15.1 Å². The monoisotopic (exact) mass is 779 g/mol. The number of anilines is 1. The summed E-state index contributed by atoms with van der Waals surface area (Å²) >= 11 is 6.90. The van der Waals surface area contributed by atoms with Crippen LogP contribution in [0.15, 0.2) is 12.3 Å². The fourth-order valence-electron chi connectivity index (χ4n) is 10.5. The van der Waals surface area contributed by atoms with Gasteiger partial charge in [0.2, 0.25) is 5.88 Å². The molecule has 6 heterocycles. The van der Waals surface area contributed by atoms with Crippen LogP contribution < -0.4 is 14.4 Å². The van der Waals surface area contributed by atoms with Crippen molar-refractivity contribution in [3.05, 3.63) is 28.7 Å². The zero-order chi connectivity index (χ0) is 38.1. The zero-order valence-corrected chi connectivity index (χ0v) is 32.9. The molecule has 5 aliphatic rings. The zero-order valence-electron chi connectivity index (χ0n) is 32.1. The maximum absolute atomic E-state index is 17.3. The van der Waals surface area contributed by atoms with E-state index >= 15 is 4.39 Å². The molecule has 2 saturated carbocycles. The van der Waals surface area contributed by atoms with Crippen LogP contribution in [0.25, 0.3) is 33.1 Å². The number of aryl methyl sites for hydroxylation is 1. The van der Waals surface area contributed by atoms with Gasteiger partial charge in [0.05, 0.1) is 56.3 Å². The first-order chi connectivity index (χ1) is 26.6. The number of H-pyrrole nitrogens is 1. The number of aromatic amines is 1. The van der Waals surface area contributed by atoms with Gasteiger partial charge in [-0.1, -0.05) is 18.0 Å². The fraction of sp³-hybridized carbons (Fsp3) is 0.650. The Bertz CT molecular complexity index is 2090. The lowest BCUT2D eigenvalue weighted by molar-refractivity contribution is -0.237. The summed E-state index contributed by atoms with van der Waals surface area (Å²) in [6.45, 7) is 9.58. The molecule has 9 rings (SSSR count). The molecule has 6 atom stereocenters. The minimum atomic E-state index is -1.19. The molecule has 1 spiro atoms. The third-order valence-electron chi connectivity index (χ3n) is 13.0. The van der Waals surface area contributed by atoms with Crippen molar-refractivity contribution >= 4 is 39.2 Å². The number of hydrogen-bond donors (Lipinski definition) is 2. The number of pyridine rings is 1. The summed E-state index contributed by atoms with van der Waals surface area (Å²) < 4.78 is 48.4. The van der Waals surface area contributed by atoms with Gasteiger partial charge in [0.1, 0.15) is 33.6 Å². The third-order valence-corrected chi connectivity index (χ3v) is 13.5. The number of aromatic nitrogens is 5. The number of methoxy groups -OCH3 is 1. The van der Waals surface area contributed by atoms with Crippen LogP contribution in [0, 0.1) is 18.2 Å². The van der Waals surface area contributed by atoms with E-state index in [0.29, 0.717) is 65.8 Å². The Kier molecular flexibility index (Phi) is 9.61. The first-order valence-corrected chi connectivity index (χ1v) is 20.2. The summed E-state index contributed by atoms with van der Waals surface area (Å²) in [6, 6.07) is 2.57. The number of benzene rings is 1. The summed E-state index contributed by atoms with van der Waals surface area (Å²) in [5, 5.41) is 19.6. The highest BCUT2D eigenvalue weighted by Gasteiger charge is 2.63. The molecule has 3 aliphatic heterocycles. The number of rotatable bonds is 9. The van der Waals surface area contributed by atoms with E-state index < -0.39 is 11.4 Å². The summed E-state index contributed by atoms with van der Waals surface area (Å²) in [7, 11) is 1.48. The normalized spacial score (nSPS) is 31.3. The highest BCUT2D eigenvalue weighted by molar-refractivity contribution is 6.35. The van der Waals surface area contributed by atoms with Crippen molar-refractivity contribution in [1.29, 1.82) is 0 Å². The summed E-state index contributed by atoms with van der Waals surface area (Å²) in [5.74, 6) is -0.210. The second kappa shape index (κ2) is 14.2. The SMILES string of the molecule is CCOC1CC(N2CCCC3(COc4nc(N5CCOCC(C)(O)C5)c5c(OC)nc(-c6c(Cl)c(C)cc7[nH]ncc67)c(F)c5n4)CCCC23)C12CCCO2. The molecule has 13 nitrogen and oxygen atoms in total. The number of fused-ring (bicyclic) bond motifs is 3. The smallest absolute Gasteiger partial charge is 0.319 e. The average molecular weight is 780 g/mol. The van der Waals surface area contributed by atoms with Crippen molar-refractivity contribution in [2.24, 2.45) is 5.41 Å². The lowest BCUT2D eigenvalue weighted by Gasteiger charge is -2.60. The number of nitrogens with one attached hydrogen (secondary N) is 1. The minimum absolute atomic E-state index is 0.0108. The van der Waals surface area contributed by atoms with E-state index in [0.717, 1.165) is 70.1 Å². The van der Waals surface area contributed by atoms with Gasteiger partial charge in [-0.3, -0.25) is 10.00 Å².